The van der Waals surface area contributed by atoms with E-state index in [1.165, 1.54) is 18.8 Å². The van der Waals surface area contributed by atoms with E-state index in [1.807, 2.05) is 0 Å². The summed E-state index contributed by atoms with van der Waals surface area (Å²) in [6.45, 7) is 0.366. The van der Waals surface area contributed by atoms with Gasteiger partial charge in [0.2, 0.25) is 5.76 Å². The second-order valence-corrected chi connectivity index (χ2v) is 5.98. The molecular weight excluding hydrogens is 348 g/mol. The molecule has 0 spiro atoms. The molecular formula is C17H15F2N3O4. The molecule has 1 aromatic heterocycles. The molecule has 136 valence electrons. The number of hydrogen-bond donors (Lipinski definition) is 1. The number of alkyl halides is 2. The summed E-state index contributed by atoms with van der Waals surface area (Å²) in [7, 11) is 0. The highest BCUT2D eigenvalue weighted by Crippen LogP contribution is 2.32. The third-order valence-corrected chi connectivity index (χ3v) is 4.13. The second kappa shape index (κ2) is 6.32. The summed E-state index contributed by atoms with van der Waals surface area (Å²) >= 11 is 0. The summed E-state index contributed by atoms with van der Waals surface area (Å²) in [6.07, 6.45) is 3.30. The van der Waals surface area contributed by atoms with Crippen molar-refractivity contribution in [2.24, 2.45) is 0 Å². The molecule has 1 N–H and O–H groups in total. The van der Waals surface area contributed by atoms with Crippen LogP contribution >= 0.6 is 0 Å². The van der Waals surface area contributed by atoms with E-state index in [9.17, 15) is 13.6 Å². The van der Waals surface area contributed by atoms with Crippen LogP contribution in [0.2, 0.25) is 0 Å². The molecule has 1 amide bonds. The zero-order valence-electron chi connectivity index (χ0n) is 13.6. The van der Waals surface area contributed by atoms with Gasteiger partial charge in [-0.3, -0.25) is 4.79 Å². The summed E-state index contributed by atoms with van der Waals surface area (Å²) in [5.41, 5.74) is 1.52. The number of hydrogen-bond acceptors (Lipinski definition) is 6. The minimum absolute atomic E-state index is 0.0164. The van der Waals surface area contributed by atoms with Gasteiger partial charge in [-0.2, -0.15) is 4.98 Å². The van der Waals surface area contributed by atoms with Crippen molar-refractivity contribution in [3.05, 3.63) is 42.7 Å². The molecule has 0 bridgehead atoms. The number of rotatable bonds is 3. The Hall–Kier alpha value is -3.10. The summed E-state index contributed by atoms with van der Waals surface area (Å²) in [6, 6.07) is 5.25. The number of ether oxygens (including phenoxy) is 2. The lowest BCUT2D eigenvalue weighted by Gasteiger charge is -2.30. The molecule has 7 nitrogen and oxygen atoms in total. The first-order valence-electron chi connectivity index (χ1n) is 8.02. The molecule has 4 rings (SSSR count). The van der Waals surface area contributed by atoms with Crippen molar-refractivity contribution >= 4 is 28.7 Å². The maximum atomic E-state index is 13.3. The van der Waals surface area contributed by atoms with Gasteiger partial charge in [0, 0.05) is 31.6 Å². The maximum absolute atomic E-state index is 13.3. The molecule has 2 aromatic rings. The van der Waals surface area contributed by atoms with Crippen molar-refractivity contribution in [2.75, 3.05) is 23.3 Å². The van der Waals surface area contributed by atoms with E-state index < -0.39 is 11.8 Å². The molecule has 2 aliphatic heterocycles. The van der Waals surface area contributed by atoms with Crippen molar-refractivity contribution in [3.8, 4) is 0 Å². The van der Waals surface area contributed by atoms with Gasteiger partial charge in [-0.05, 0) is 18.2 Å². The van der Waals surface area contributed by atoms with Gasteiger partial charge in [-0.25, -0.2) is 8.78 Å². The monoisotopic (exact) mass is 363 g/mol. The summed E-state index contributed by atoms with van der Waals surface area (Å²) in [5, 5.41) is 2.66. The smallest absolute Gasteiger partial charge is 0.298 e. The van der Waals surface area contributed by atoms with Gasteiger partial charge in [-0.15, -0.1) is 0 Å². The Labute approximate surface area is 146 Å². The minimum atomic E-state index is -2.63. The number of piperidine rings is 1. The highest BCUT2D eigenvalue weighted by molar-refractivity contribution is 6.03. The molecule has 1 fully saturated rings. The number of aromatic nitrogens is 1. The first-order chi connectivity index (χ1) is 12.5. The largest absolute Gasteiger partial charge is 0.465 e. The highest BCUT2D eigenvalue weighted by atomic mass is 19.3. The average Bonchev–Trinajstić information content (AvgIpc) is 3.05. The lowest BCUT2D eigenvalue weighted by atomic mass is 10.1. The number of fused-ring (bicyclic) bond motifs is 1. The van der Waals surface area contributed by atoms with Gasteiger partial charge in [0.05, 0.1) is 0 Å². The van der Waals surface area contributed by atoms with Crippen LogP contribution < -0.4 is 10.2 Å². The van der Waals surface area contributed by atoms with Crippen LogP contribution in [-0.2, 0) is 14.3 Å². The number of benzene rings is 1. The van der Waals surface area contributed by atoms with E-state index in [4.69, 9.17) is 13.9 Å². The molecule has 1 aromatic carbocycles. The standard InChI is InChI=1S/C17H15F2N3O4/c18-17(19)3-5-22(6-4-17)16-21-12-9-11(1-2-13(12)26-16)20-15(23)14-10-24-7-8-25-14/h1-2,7-10H,3-6H2,(H,20,23). The van der Waals surface area contributed by atoms with Crippen LogP contribution in [0.5, 0.6) is 0 Å². The molecule has 0 aliphatic carbocycles. The van der Waals surface area contributed by atoms with Crippen LogP contribution in [0.1, 0.15) is 12.8 Å². The van der Waals surface area contributed by atoms with Gasteiger partial charge in [-0.1, -0.05) is 0 Å². The second-order valence-electron chi connectivity index (χ2n) is 5.98. The lowest BCUT2D eigenvalue weighted by molar-refractivity contribution is -0.115. The molecule has 2 aliphatic rings. The van der Waals surface area contributed by atoms with Crippen LogP contribution in [0.25, 0.3) is 11.1 Å². The van der Waals surface area contributed by atoms with Gasteiger partial charge >= 0.3 is 0 Å². The number of halogens is 2. The quantitative estimate of drug-likeness (QED) is 0.901. The summed E-state index contributed by atoms with van der Waals surface area (Å²) in [5.74, 6) is -3.09. The van der Waals surface area contributed by atoms with E-state index in [0.29, 0.717) is 22.8 Å². The topological polar surface area (TPSA) is 76.8 Å². The van der Waals surface area contributed by atoms with Crippen LogP contribution in [-0.4, -0.2) is 29.9 Å². The normalized spacial score (nSPS) is 18.8. The average molecular weight is 363 g/mol. The zero-order valence-corrected chi connectivity index (χ0v) is 13.6. The fourth-order valence-corrected chi connectivity index (χ4v) is 2.72. The van der Waals surface area contributed by atoms with Gasteiger partial charge in [0.25, 0.3) is 17.8 Å². The Morgan fingerprint density at radius 3 is 2.77 bits per heavy atom. The fourth-order valence-electron chi connectivity index (χ4n) is 2.72. The van der Waals surface area contributed by atoms with Crippen molar-refractivity contribution in [3.63, 3.8) is 0 Å². The Morgan fingerprint density at radius 1 is 1.23 bits per heavy atom. The van der Waals surface area contributed by atoms with E-state index in [1.54, 1.807) is 23.1 Å². The molecule has 1 saturated heterocycles. The minimum Gasteiger partial charge on any atom is -0.465 e. The van der Waals surface area contributed by atoms with E-state index in [-0.39, 0.29) is 31.7 Å². The van der Waals surface area contributed by atoms with Crippen molar-refractivity contribution < 1.29 is 27.5 Å². The fraction of sp³-hybridized carbons (Fsp3) is 0.294. The van der Waals surface area contributed by atoms with Crippen molar-refractivity contribution in [2.45, 2.75) is 18.8 Å². The SMILES string of the molecule is O=C(Nc1ccc2oc(N3CCC(F)(F)CC3)nc2c1)C1=COC=CO1. The molecule has 0 saturated carbocycles. The van der Waals surface area contributed by atoms with Gasteiger partial charge < -0.3 is 24.1 Å². The maximum Gasteiger partial charge on any atom is 0.298 e. The number of nitrogens with zero attached hydrogens (tertiary/aromatic N) is 2. The first kappa shape index (κ1) is 16.4. The van der Waals surface area contributed by atoms with Crippen molar-refractivity contribution in [1.29, 1.82) is 0 Å². The molecule has 0 atom stereocenters. The van der Waals surface area contributed by atoms with Gasteiger partial charge in [0.1, 0.15) is 24.3 Å². The Kier molecular flexibility index (Phi) is 3.98. The van der Waals surface area contributed by atoms with E-state index in [2.05, 4.69) is 10.3 Å². The van der Waals surface area contributed by atoms with Crippen LogP contribution in [0.3, 0.4) is 0 Å². The third kappa shape index (κ3) is 3.32. The predicted octanol–water partition coefficient (Wildman–Crippen LogP) is 3.36. The molecule has 0 unspecified atom stereocenters. The highest BCUT2D eigenvalue weighted by Gasteiger charge is 2.35. The predicted molar refractivity (Wildman–Crippen MR) is 88.4 cm³/mol. The molecule has 9 heteroatoms. The number of carbonyl (C=O) groups is 1. The summed E-state index contributed by atoms with van der Waals surface area (Å²) < 4.78 is 42.1. The Bertz CT molecular complexity index is 897. The zero-order chi connectivity index (χ0) is 18.1. The van der Waals surface area contributed by atoms with Crippen LogP contribution in [0.4, 0.5) is 20.5 Å². The number of oxazole rings is 1. The number of amides is 1. The molecule has 3 heterocycles. The molecule has 26 heavy (non-hydrogen) atoms. The first-order valence-corrected chi connectivity index (χ1v) is 8.02. The summed E-state index contributed by atoms with van der Waals surface area (Å²) in [4.78, 5) is 18.1. The van der Waals surface area contributed by atoms with Crippen LogP contribution in [0, 0.1) is 0 Å². The number of anilines is 2. The Morgan fingerprint density at radius 2 is 2.04 bits per heavy atom. The van der Waals surface area contributed by atoms with Crippen molar-refractivity contribution in [1.82, 2.24) is 4.98 Å². The van der Waals surface area contributed by atoms with E-state index in [0.717, 1.165) is 0 Å². The number of nitrogens with one attached hydrogen (secondary N) is 1. The molecule has 0 radical (unpaired) electrons. The Balaban J connectivity index is 1.49. The third-order valence-electron chi connectivity index (χ3n) is 4.13. The van der Waals surface area contributed by atoms with E-state index >= 15 is 0 Å². The number of carbonyl (C=O) groups excluding carboxylic acids is 1. The lowest BCUT2D eigenvalue weighted by Crippen LogP contribution is -2.39. The van der Waals surface area contributed by atoms with Crippen LogP contribution in [0.15, 0.2) is 47.2 Å². The van der Waals surface area contributed by atoms with Gasteiger partial charge in [0.15, 0.2) is 5.58 Å².